The molecule has 4 nitrogen and oxygen atoms in total. The molecule has 0 aliphatic carbocycles. The molecule has 4 rings (SSSR count). The number of hydrogen-bond acceptors (Lipinski definition) is 2. The van der Waals surface area contributed by atoms with Crippen LogP contribution in [0.3, 0.4) is 0 Å². The zero-order chi connectivity index (χ0) is 20.7. The van der Waals surface area contributed by atoms with E-state index in [1.807, 2.05) is 35.3 Å². The fourth-order valence-corrected chi connectivity index (χ4v) is 3.85. The molecule has 0 saturated heterocycles. The number of benzene rings is 2. The number of rotatable bonds is 4. The summed E-state index contributed by atoms with van der Waals surface area (Å²) in [4.78, 5) is 0. The smallest absolute Gasteiger partial charge is 0.134 e. The maximum absolute atomic E-state index is 6.88. The molecule has 0 radical (unpaired) electrons. The lowest BCUT2D eigenvalue weighted by Crippen LogP contribution is -2.13. The van der Waals surface area contributed by atoms with Gasteiger partial charge in [-0.1, -0.05) is 82.9 Å². The number of aromatic nitrogens is 4. The van der Waals surface area contributed by atoms with E-state index in [-0.39, 0.29) is 0 Å². The maximum Gasteiger partial charge on any atom is 0.134 e. The minimum atomic E-state index is 0.425. The molecule has 2 aromatic heterocycles. The molecule has 29 heavy (non-hydrogen) atoms. The third-order valence-electron chi connectivity index (χ3n) is 5.11. The van der Waals surface area contributed by atoms with Gasteiger partial charge in [-0.3, -0.25) is 0 Å². The molecule has 0 N–H and O–H groups in total. The maximum atomic E-state index is 6.88. The average molecular weight is 425 g/mol. The summed E-state index contributed by atoms with van der Waals surface area (Å²) >= 11 is 13.2. The van der Waals surface area contributed by atoms with Crippen LogP contribution < -0.4 is 0 Å². The van der Waals surface area contributed by atoms with Gasteiger partial charge in [0.1, 0.15) is 12.4 Å². The molecule has 0 aliphatic heterocycles. The zero-order valence-corrected chi connectivity index (χ0v) is 18.4. The number of hydrogen-bond donors (Lipinski definition) is 0. The Morgan fingerprint density at radius 1 is 0.690 bits per heavy atom. The normalized spacial score (nSPS) is 11.2. The van der Waals surface area contributed by atoms with Crippen molar-refractivity contribution in [1.82, 2.24) is 19.6 Å². The van der Waals surface area contributed by atoms with Crippen LogP contribution in [0.4, 0.5) is 0 Å². The van der Waals surface area contributed by atoms with Crippen LogP contribution in [-0.2, 0) is 6.67 Å². The second kappa shape index (κ2) is 7.69. The van der Waals surface area contributed by atoms with E-state index >= 15 is 0 Å². The summed E-state index contributed by atoms with van der Waals surface area (Å²) in [5.74, 6) is 0. The first kappa shape index (κ1) is 19.7. The van der Waals surface area contributed by atoms with E-state index in [0.29, 0.717) is 16.7 Å². The van der Waals surface area contributed by atoms with Gasteiger partial charge in [0.15, 0.2) is 0 Å². The van der Waals surface area contributed by atoms with Gasteiger partial charge in [-0.25, -0.2) is 9.36 Å². The Kier molecular flexibility index (Phi) is 5.24. The van der Waals surface area contributed by atoms with Crippen molar-refractivity contribution < 1.29 is 0 Å². The van der Waals surface area contributed by atoms with Gasteiger partial charge < -0.3 is 0 Å². The van der Waals surface area contributed by atoms with E-state index in [0.717, 1.165) is 33.9 Å². The molecule has 0 aliphatic rings. The molecular formula is C23H22Cl2N4. The highest BCUT2D eigenvalue weighted by Gasteiger charge is 2.20. The van der Waals surface area contributed by atoms with E-state index in [1.54, 1.807) is 0 Å². The molecule has 0 unspecified atom stereocenters. The summed E-state index contributed by atoms with van der Waals surface area (Å²) in [6, 6.07) is 16.5. The van der Waals surface area contributed by atoms with Crippen molar-refractivity contribution in [2.24, 2.45) is 0 Å². The highest BCUT2D eigenvalue weighted by molar-refractivity contribution is 6.35. The molecule has 0 atom stereocenters. The molecule has 0 spiro atoms. The first-order valence-electron chi connectivity index (χ1n) is 9.45. The highest BCUT2D eigenvalue weighted by Crippen LogP contribution is 2.37. The predicted molar refractivity (Wildman–Crippen MR) is 120 cm³/mol. The van der Waals surface area contributed by atoms with Crippen LogP contribution in [0.2, 0.25) is 10.0 Å². The Morgan fingerprint density at radius 2 is 1.24 bits per heavy atom. The zero-order valence-electron chi connectivity index (χ0n) is 16.9. The minimum absolute atomic E-state index is 0.425. The van der Waals surface area contributed by atoms with Gasteiger partial charge in [-0.2, -0.15) is 10.2 Å². The lowest BCUT2D eigenvalue weighted by molar-refractivity contribution is 0.496. The lowest BCUT2D eigenvalue weighted by atomic mass is 10.1. The SMILES string of the molecule is Cc1ccc(-c2nn(Cn3nc(C)c(Cl)c3C)c(-c3ccc(C)cc3)c2Cl)cc1. The molecule has 0 bridgehead atoms. The van der Waals surface area contributed by atoms with Crippen LogP contribution in [-0.4, -0.2) is 19.6 Å². The highest BCUT2D eigenvalue weighted by atomic mass is 35.5. The van der Waals surface area contributed by atoms with Crippen molar-refractivity contribution in [2.45, 2.75) is 34.4 Å². The van der Waals surface area contributed by atoms with Gasteiger partial charge >= 0.3 is 0 Å². The van der Waals surface area contributed by atoms with Crippen molar-refractivity contribution in [3.05, 3.63) is 81.1 Å². The molecule has 0 saturated carbocycles. The summed E-state index contributed by atoms with van der Waals surface area (Å²) < 4.78 is 3.76. The summed E-state index contributed by atoms with van der Waals surface area (Å²) in [6.07, 6.45) is 0. The Balaban J connectivity index is 1.87. The number of halogens is 2. The summed E-state index contributed by atoms with van der Waals surface area (Å²) in [5, 5.41) is 10.7. The quantitative estimate of drug-likeness (QED) is 0.376. The van der Waals surface area contributed by atoms with Crippen LogP contribution in [0.1, 0.15) is 22.5 Å². The van der Waals surface area contributed by atoms with Gasteiger partial charge in [-0.05, 0) is 27.7 Å². The molecular weight excluding hydrogens is 403 g/mol. The summed E-state index contributed by atoms with van der Waals surface area (Å²) in [7, 11) is 0. The topological polar surface area (TPSA) is 35.6 Å². The van der Waals surface area contributed by atoms with Gasteiger partial charge in [-0.15, -0.1) is 0 Å². The van der Waals surface area contributed by atoms with Crippen molar-refractivity contribution >= 4 is 23.2 Å². The third-order valence-corrected chi connectivity index (χ3v) is 6.01. The molecule has 2 aromatic carbocycles. The fourth-order valence-electron chi connectivity index (χ4n) is 3.37. The van der Waals surface area contributed by atoms with Crippen molar-refractivity contribution in [1.29, 1.82) is 0 Å². The molecule has 148 valence electrons. The van der Waals surface area contributed by atoms with Crippen molar-refractivity contribution in [2.75, 3.05) is 0 Å². The second-order valence-electron chi connectivity index (χ2n) is 7.37. The van der Waals surface area contributed by atoms with E-state index in [2.05, 4.69) is 55.3 Å². The van der Waals surface area contributed by atoms with Crippen LogP contribution in [0, 0.1) is 27.7 Å². The van der Waals surface area contributed by atoms with Gasteiger partial charge in [0, 0.05) is 11.1 Å². The molecule has 0 fully saturated rings. The van der Waals surface area contributed by atoms with Crippen LogP contribution >= 0.6 is 23.2 Å². The summed E-state index contributed by atoms with van der Waals surface area (Å²) in [5.41, 5.74) is 7.72. The van der Waals surface area contributed by atoms with Gasteiger partial charge in [0.2, 0.25) is 0 Å². The van der Waals surface area contributed by atoms with E-state index in [1.165, 1.54) is 11.1 Å². The van der Waals surface area contributed by atoms with Gasteiger partial charge in [0.05, 0.1) is 27.1 Å². The van der Waals surface area contributed by atoms with Crippen LogP contribution in [0.15, 0.2) is 48.5 Å². The molecule has 0 amide bonds. The lowest BCUT2D eigenvalue weighted by Gasteiger charge is -2.10. The van der Waals surface area contributed by atoms with Crippen LogP contribution in [0.25, 0.3) is 22.5 Å². The Hall–Kier alpha value is -2.56. The number of nitrogens with zero attached hydrogens (tertiary/aromatic N) is 4. The van der Waals surface area contributed by atoms with Crippen molar-refractivity contribution in [3.63, 3.8) is 0 Å². The molecule has 2 heterocycles. The Bertz CT molecular complexity index is 1170. The summed E-state index contributed by atoms with van der Waals surface area (Å²) in [6.45, 7) is 8.42. The second-order valence-corrected chi connectivity index (χ2v) is 8.12. The minimum Gasteiger partial charge on any atom is -0.246 e. The average Bonchev–Trinajstić information content (AvgIpc) is 3.15. The monoisotopic (exact) mass is 424 g/mol. The molecule has 4 aromatic rings. The van der Waals surface area contributed by atoms with Crippen molar-refractivity contribution in [3.8, 4) is 22.5 Å². The Morgan fingerprint density at radius 3 is 1.76 bits per heavy atom. The van der Waals surface area contributed by atoms with Gasteiger partial charge in [0.25, 0.3) is 0 Å². The molecule has 6 heteroatoms. The van der Waals surface area contributed by atoms with E-state index < -0.39 is 0 Å². The fraction of sp³-hybridized carbons (Fsp3) is 0.217. The van der Waals surface area contributed by atoms with E-state index in [4.69, 9.17) is 28.3 Å². The van der Waals surface area contributed by atoms with Crippen LogP contribution in [0.5, 0.6) is 0 Å². The standard InChI is InChI=1S/C23H22Cl2N4/c1-14-5-9-18(10-6-14)22-21(25)23(19-11-7-15(2)8-12-19)29(27-22)13-28-17(4)20(24)16(3)26-28/h5-12H,13H2,1-4H3. The largest absolute Gasteiger partial charge is 0.246 e. The number of aryl methyl sites for hydroxylation is 3. The predicted octanol–water partition coefficient (Wildman–Crippen LogP) is 6.46. The third kappa shape index (κ3) is 3.70. The first-order chi connectivity index (χ1) is 13.8. The Labute approximate surface area is 180 Å². The first-order valence-corrected chi connectivity index (χ1v) is 10.2. The van der Waals surface area contributed by atoms with E-state index in [9.17, 15) is 0 Å².